The molecule has 0 fully saturated rings. The summed E-state index contributed by atoms with van der Waals surface area (Å²) in [6.45, 7) is 6.41. The second-order valence-corrected chi connectivity index (χ2v) is 5.26. The molecule has 0 aliphatic carbocycles. The molecule has 8 heteroatoms. The molecule has 0 aliphatic rings. The lowest BCUT2D eigenvalue weighted by atomic mass is 10.4. The molecule has 0 bridgehead atoms. The molecule has 1 N–H and O–H groups in total. The van der Waals surface area contributed by atoms with Crippen LogP contribution in [0.3, 0.4) is 0 Å². The minimum Gasteiger partial charge on any atom is -0.396 e. The van der Waals surface area contributed by atoms with Crippen LogP contribution >= 0.6 is 11.6 Å². The second-order valence-electron chi connectivity index (χ2n) is 4.92. The Balaban J connectivity index is 2.85. The van der Waals surface area contributed by atoms with Crippen LogP contribution in [-0.2, 0) is 19.6 Å². The number of hydrogen-bond acceptors (Lipinski definition) is 4. The highest BCUT2D eigenvalue weighted by Gasteiger charge is 2.19. The van der Waals surface area contributed by atoms with Crippen LogP contribution in [0.5, 0.6) is 0 Å². The predicted molar refractivity (Wildman–Crippen MR) is 85.5 cm³/mol. The van der Waals surface area contributed by atoms with E-state index in [1.54, 1.807) is 6.08 Å². The Labute approximate surface area is 132 Å². The Morgan fingerprint density at radius 2 is 2.00 bits per heavy atom. The van der Waals surface area contributed by atoms with Gasteiger partial charge >= 0.3 is 5.69 Å². The van der Waals surface area contributed by atoms with Crippen molar-refractivity contribution in [2.75, 3.05) is 6.61 Å². The maximum absolute atomic E-state index is 12.6. The van der Waals surface area contributed by atoms with Gasteiger partial charge < -0.3 is 9.67 Å². The summed E-state index contributed by atoms with van der Waals surface area (Å²) in [5, 5.41) is 9.11. The number of nitrogens with zero attached hydrogens (tertiary/aromatic N) is 4. The molecule has 120 valence electrons. The first-order chi connectivity index (χ1) is 10.6. The van der Waals surface area contributed by atoms with Crippen LogP contribution in [0, 0.1) is 0 Å². The van der Waals surface area contributed by atoms with Gasteiger partial charge in [0.1, 0.15) is 0 Å². The van der Waals surface area contributed by atoms with Crippen molar-refractivity contribution < 1.29 is 5.11 Å². The average Bonchev–Trinajstić information content (AvgIpc) is 2.81. The van der Waals surface area contributed by atoms with Gasteiger partial charge in [-0.25, -0.2) is 4.79 Å². The fraction of sp³-hybridized carbons (Fsp3) is 0.500. The molecule has 0 saturated heterocycles. The zero-order chi connectivity index (χ0) is 16.3. The number of allylic oxidation sites excluding steroid dienone is 1. The highest BCUT2D eigenvalue weighted by Crippen LogP contribution is 2.16. The van der Waals surface area contributed by atoms with Crippen molar-refractivity contribution in [3.63, 3.8) is 0 Å². The Morgan fingerprint density at radius 1 is 1.27 bits per heavy atom. The maximum atomic E-state index is 12.6. The zero-order valence-corrected chi connectivity index (χ0v) is 13.2. The Morgan fingerprint density at radius 3 is 2.59 bits per heavy atom. The second kappa shape index (κ2) is 6.93. The fourth-order valence-electron chi connectivity index (χ4n) is 2.41. The molecule has 0 atom stereocenters. The summed E-state index contributed by atoms with van der Waals surface area (Å²) in [6.07, 6.45) is 2.66. The normalized spacial score (nSPS) is 11.2. The molecule has 0 unspecified atom stereocenters. The van der Waals surface area contributed by atoms with Crippen LogP contribution in [0.25, 0.3) is 11.2 Å². The summed E-state index contributed by atoms with van der Waals surface area (Å²) >= 11 is 6.10. The summed E-state index contributed by atoms with van der Waals surface area (Å²) in [7, 11) is 0. The van der Waals surface area contributed by atoms with Gasteiger partial charge in [0.15, 0.2) is 11.2 Å². The summed E-state index contributed by atoms with van der Waals surface area (Å²) < 4.78 is 4.12. The van der Waals surface area contributed by atoms with E-state index in [9.17, 15) is 9.59 Å². The maximum Gasteiger partial charge on any atom is 0.332 e. The Bertz CT molecular complexity index is 803. The molecule has 0 aromatic carbocycles. The number of fused-ring (bicyclic) bond motifs is 1. The van der Waals surface area contributed by atoms with Crippen molar-refractivity contribution in [2.24, 2.45) is 0 Å². The third kappa shape index (κ3) is 2.74. The van der Waals surface area contributed by atoms with Gasteiger partial charge in [-0.2, -0.15) is 4.98 Å². The van der Waals surface area contributed by atoms with E-state index in [4.69, 9.17) is 16.7 Å². The van der Waals surface area contributed by atoms with Gasteiger partial charge in [-0.15, -0.1) is 6.58 Å². The highest BCUT2D eigenvalue weighted by atomic mass is 35.5. The summed E-state index contributed by atoms with van der Waals surface area (Å²) in [5.74, 6) is 0. The standard InChI is InChI=1S/C14H19ClN4O3/c1-3-6-17-10-11(16-13(17)15)18(7-4-2)14(22)19(12(10)21)8-5-9-20/h3,20H,1,4-9H2,2H3. The third-order valence-electron chi connectivity index (χ3n) is 3.37. The predicted octanol–water partition coefficient (Wildman–Crippen LogP) is 0.991. The molecule has 2 rings (SSSR count). The lowest BCUT2D eigenvalue weighted by Crippen LogP contribution is -2.40. The molecule has 7 nitrogen and oxygen atoms in total. The van der Waals surface area contributed by atoms with Crippen LogP contribution in [0.15, 0.2) is 22.2 Å². The van der Waals surface area contributed by atoms with Crippen LogP contribution in [0.1, 0.15) is 19.8 Å². The monoisotopic (exact) mass is 326 g/mol. The van der Waals surface area contributed by atoms with Crippen molar-refractivity contribution in [1.82, 2.24) is 18.7 Å². The molecule has 0 saturated carbocycles. The average molecular weight is 327 g/mol. The molecule has 2 aromatic heterocycles. The number of aryl methyl sites for hydroxylation is 1. The fourth-order valence-corrected chi connectivity index (χ4v) is 2.64. The number of aliphatic hydroxyl groups is 1. The van der Waals surface area contributed by atoms with E-state index >= 15 is 0 Å². The van der Waals surface area contributed by atoms with E-state index in [1.807, 2.05) is 6.92 Å². The summed E-state index contributed by atoms with van der Waals surface area (Å²) in [4.78, 5) is 29.3. The molecule has 0 amide bonds. The van der Waals surface area contributed by atoms with Gasteiger partial charge in [0.05, 0.1) is 0 Å². The van der Waals surface area contributed by atoms with Crippen LogP contribution in [0.2, 0.25) is 5.28 Å². The first kappa shape index (κ1) is 16.5. The van der Waals surface area contributed by atoms with Gasteiger partial charge in [-0.05, 0) is 24.4 Å². The van der Waals surface area contributed by atoms with Crippen molar-refractivity contribution in [3.8, 4) is 0 Å². The number of imidazole rings is 1. The van der Waals surface area contributed by atoms with E-state index in [0.717, 1.165) is 11.0 Å². The van der Waals surface area contributed by atoms with E-state index in [0.29, 0.717) is 25.2 Å². The lowest BCUT2D eigenvalue weighted by molar-refractivity contribution is 0.277. The van der Waals surface area contributed by atoms with Gasteiger partial charge in [-0.1, -0.05) is 13.0 Å². The highest BCUT2D eigenvalue weighted by molar-refractivity contribution is 6.29. The smallest absolute Gasteiger partial charge is 0.332 e. The van der Waals surface area contributed by atoms with Crippen molar-refractivity contribution in [1.29, 1.82) is 0 Å². The molecule has 2 heterocycles. The molecular formula is C14H19ClN4O3. The van der Waals surface area contributed by atoms with Crippen molar-refractivity contribution in [2.45, 2.75) is 39.4 Å². The molecular weight excluding hydrogens is 308 g/mol. The molecule has 22 heavy (non-hydrogen) atoms. The Kier molecular flexibility index (Phi) is 5.20. The van der Waals surface area contributed by atoms with Gasteiger partial charge in [0.25, 0.3) is 5.56 Å². The third-order valence-corrected chi connectivity index (χ3v) is 3.66. The molecule has 0 radical (unpaired) electrons. The van der Waals surface area contributed by atoms with E-state index < -0.39 is 11.2 Å². The Hall–Kier alpha value is -1.86. The SMILES string of the molecule is C=CCn1c(Cl)nc2c1c(=O)n(CCCO)c(=O)n2CCC. The number of rotatable bonds is 7. The molecule has 2 aromatic rings. The van der Waals surface area contributed by atoms with Crippen molar-refractivity contribution >= 4 is 22.8 Å². The summed E-state index contributed by atoms with van der Waals surface area (Å²) in [5.41, 5.74) is -0.283. The lowest BCUT2D eigenvalue weighted by Gasteiger charge is -2.11. The van der Waals surface area contributed by atoms with Gasteiger partial charge in [-0.3, -0.25) is 13.9 Å². The quantitative estimate of drug-likeness (QED) is 0.607. The van der Waals surface area contributed by atoms with Crippen LogP contribution in [-0.4, -0.2) is 30.4 Å². The van der Waals surface area contributed by atoms with E-state index in [1.165, 1.54) is 9.13 Å². The zero-order valence-electron chi connectivity index (χ0n) is 12.5. The number of aliphatic hydroxyl groups excluding tert-OH is 1. The minimum absolute atomic E-state index is 0.0929. The van der Waals surface area contributed by atoms with E-state index in [2.05, 4.69) is 11.6 Å². The van der Waals surface area contributed by atoms with Crippen molar-refractivity contribution in [3.05, 3.63) is 38.8 Å². The van der Waals surface area contributed by atoms with E-state index in [-0.39, 0.29) is 24.0 Å². The number of halogens is 1. The van der Waals surface area contributed by atoms with Crippen LogP contribution < -0.4 is 11.2 Å². The molecule has 0 aliphatic heterocycles. The number of aromatic nitrogens is 4. The molecule has 0 spiro atoms. The first-order valence-electron chi connectivity index (χ1n) is 7.17. The first-order valence-corrected chi connectivity index (χ1v) is 7.55. The summed E-state index contributed by atoms with van der Waals surface area (Å²) in [6, 6.07) is 0. The minimum atomic E-state index is -0.443. The largest absolute Gasteiger partial charge is 0.396 e. The van der Waals surface area contributed by atoms with Crippen LogP contribution in [0.4, 0.5) is 0 Å². The topological polar surface area (TPSA) is 82.1 Å². The number of hydrogen-bond donors (Lipinski definition) is 1. The van der Waals surface area contributed by atoms with Gasteiger partial charge in [0, 0.05) is 26.2 Å². The van der Waals surface area contributed by atoms with Gasteiger partial charge in [0.2, 0.25) is 5.28 Å².